The second-order valence-electron chi connectivity index (χ2n) is 12.1. The number of carbonyl (C=O) groups excluding carboxylic acids is 1. The number of esters is 1. The lowest BCUT2D eigenvalue weighted by atomic mass is 9.64. The van der Waals surface area contributed by atoms with Crippen molar-refractivity contribution in [2.45, 2.75) is 95.4 Å². The van der Waals surface area contributed by atoms with Crippen molar-refractivity contribution in [2.24, 2.45) is 10.9 Å². The monoisotopic (exact) mass is 532 g/mol. The predicted molar refractivity (Wildman–Crippen MR) is 154 cm³/mol. The molecule has 3 aromatic rings. The Balaban J connectivity index is 1.37. The standard InChI is InChI=1S/C32H41FN4O2/c1-20(29-35-27-9-7-8-10-28(27)36-29)17-21(2)37(6)22(3)19-32(39-30(38)23-11-12-23)16-15-24-18-25(33)13-14-26(24)31(32,4)34-5/h7-10,13-14,18,20-23H,5,11-12,15-17,19H2,1-4,6H3,(H,35,36)/t20?,21?,22?,31-,32+/m1/s1. The van der Waals surface area contributed by atoms with Gasteiger partial charge < -0.3 is 14.6 Å². The summed E-state index contributed by atoms with van der Waals surface area (Å²) in [5.74, 6) is 0.820. The fourth-order valence-corrected chi connectivity index (χ4v) is 6.44. The minimum atomic E-state index is -0.876. The van der Waals surface area contributed by atoms with Crippen LogP contribution < -0.4 is 0 Å². The summed E-state index contributed by atoms with van der Waals surface area (Å²) in [5.41, 5.74) is 2.12. The third kappa shape index (κ3) is 5.13. The number of ether oxygens (including phenoxy) is 1. The number of aryl methyl sites for hydroxylation is 1. The van der Waals surface area contributed by atoms with Crippen molar-refractivity contribution in [3.8, 4) is 0 Å². The van der Waals surface area contributed by atoms with Crippen LogP contribution in [0.15, 0.2) is 47.5 Å². The van der Waals surface area contributed by atoms with E-state index in [1.54, 1.807) is 12.1 Å². The zero-order valence-corrected chi connectivity index (χ0v) is 23.8. The number of hydrogen-bond acceptors (Lipinski definition) is 5. The molecular formula is C32H41FN4O2. The SMILES string of the molecule is C=N[C@]1(C)c2ccc(F)cc2CC[C@@]1(CC(C)N(C)C(C)CC(C)c1nc2ccccc2[nH]1)OC(=O)C1CC1. The van der Waals surface area contributed by atoms with Gasteiger partial charge >= 0.3 is 5.97 Å². The van der Waals surface area contributed by atoms with Crippen molar-refractivity contribution < 1.29 is 13.9 Å². The highest BCUT2D eigenvalue weighted by molar-refractivity contribution is 5.76. The van der Waals surface area contributed by atoms with Crippen molar-refractivity contribution in [1.29, 1.82) is 0 Å². The van der Waals surface area contributed by atoms with Crippen LogP contribution in [0.1, 0.15) is 82.7 Å². The fourth-order valence-electron chi connectivity index (χ4n) is 6.44. The Morgan fingerprint density at radius 1 is 1.23 bits per heavy atom. The number of fused-ring (bicyclic) bond motifs is 2. The zero-order chi connectivity index (χ0) is 27.9. The summed E-state index contributed by atoms with van der Waals surface area (Å²) < 4.78 is 20.6. The summed E-state index contributed by atoms with van der Waals surface area (Å²) in [7, 11) is 2.14. The van der Waals surface area contributed by atoms with Gasteiger partial charge in [-0.1, -0.05) is 25.1 Å². The Morgan fingerprint density at radius 3 is 2.67 bits per heavy atom. The number of benzene rings is 2. The van der Waals surface area contributed by atoms with E-state index >= 15 is 0 Å². The molecule has 0 radical (unpaired) electrons. The lowest BCUT2D eigenvalue weighted by Gasteiger charge is -2.51. The van der Waals surface area contributed by atoms with Gasteiger partial charge in [0.1, 0.15) is 22.8 Å². The number of aromatic amines is 1. The van der Waals surface area contributed by atoms with Crippen LogP contribution in [0.25, 0.3) is 11.0 Å². The summed E-state index contributed by atoms with van der Waals surface area (Å²) in [6.45, 7) is 12.6. The first-order valence-electron chi connectivity index (χ1n) is 14.2. The van der Waals surface area contributed by atoms with E-state index in [2.05, 4.69) is 55.5 Å². The molecule has 2 aliphatic carbocycles. The van der Waals surface area contributed by atoms with Gasteiger partial charge in [-0.3, -0.25) is 9.79 Å². The summed E-state index contributed by atoms with van der Waals surface area (Å²) in [4.78, 5) is 28.4. The molecule has 2 aromatic carbocycles. The molecule has 7 heteroatoms. The summed E-state index contributed by atoms with van der Waals surface area (Å²) in [6.07, 6.45) is 4.50. The Labute approximate surface area is 231 Å². The molecule has 1 heterocycles. The maximum atomic E-state index is 14.1. The number of H-pyrrole nitrogens is 1. The number of halogens is 1. The van der Waals surface area contributed by atoms with Gasteiger partial charge in [-0.05, 0) is 102 Å². The number of imidazole rings is 1. The van der Waals surface area contributed by atoms with E-state index < -0.39 is 11.1 Å². The molecule has 1 aromatic heterocycles. The molecule has 0 amide bonds. The number of nitrogens with one attached hydrogen (secondary N) is 1. The Morgan fingerprint density at radius 2 is 1.97 bits per heavy atom. The molecule has 0 bridgehead atoms. The van der Waals surface area contributed by atoms with Crippen LogP contribution in [0.5, 0.6) is 0 Å². The van der Waals surface area contributed by atoms with E-state index in [9.17, 15) is 9.18 Å². The largest absolute Gasteiger partial charge is 0.456 e. The third-order valence-corrected chi connectivity index (χ3v) is 9.38. The number of aromatic nitrogens is 2. The minimum absolute atomic E-state index is 0.0258. The van der Waals surface area contributed by atoms with E-state index in [4.69, 9.17) is 9.72 Å². The molecule has 1 saturated carbocycles. The van der Waals surface area contributed by atoms with E-state index in [0.717, 1.165) is 47.2 Å². The van der Waals surface area contributed by atoms with Gasteiger partial charge in [0.25, 0.3) is 0 Å². The lowest BCUT2D eigenvalue weighted by molar-refractivity contribution is -0.176. The highest BCUT2D eigenvalue weighted by Gasteiger charge is 2.57. The predicted octanol–water partition coefficient (Wildman–Crippen LogP) is 6.55. The van der Waals surface area contributed by atoms with Gasteiger partial charge in [0, 0.05) is 24.4 Å². The second kappa shape index (κ2) is 10.5. The van der Waals surface area contributed by atoms with Gasteiger partial charge in [-0.25, -0.2) is 9.37 Å². The highest BCUT2D eigenvalue weighted by Crippen LogP contribution is 2.51. The van der Waals surface area contributed by atoms with Gasteiger partial charge in [-0.15, -0.1) is 0 Å². The molecule has 0 spiro atoms. The number of nitrogens with zero attached hydrogens (tertiary/aromatic N) is 3. The first-order chi connectivity index (χ1) is 18.6. The maximum Gasteiger partial charge on any atom is 0.309 e. The molecule has 1 fully saturated rings. The molecule has 6 nitrogen and oxygen atoms in total. The number of aliphatic imine (C=N–C) groups is 1. The van der Waals surface area contributed by atoms with Crippen LogP contribution in [0.4, 0.5) is 4.39 Å². The number of carbonyl (C=O) groups is 1. The van der Waals surface area contributed by atoms with Crippen molar-refractivity contribution in [3.63, 3.8) is 0 Å². The lowest BCUT2D eigenvalue weighted by Crippen LogP contribution is -2.58. The van der Waals surface area contributed by atoms with E-state index in [-0.39, 0.29) is 35.7 Å². The van der Waals surface area contributed by atoms with Crippen molar-refractivity contribution in [1.82, 2.24) is 14.9 Å². The van der Waals surface area contributed by atoms with E-state index in [0.29, 0.717) is 19.3 Å². The topological polar surface area (TPSA) is 70.6 Å². The third-order valence-electron chi connectivity index (χ3n) is 9.38. The number of hydrogen-bond donors (Lipinski definition) is 1. The number of rotatable bonds is 10. The van der Waals surface area contributed by atoms with Crippen LogP contribution in [-0.2, 0) is 21.5 Å². The fraction of sp³-hybridized carbons (Fsp3) is 0.531. The van der Waals surface area contributed by atoms with Crippen LogP contribution >= 0.6 is 0 Å². The number of para-hydroxylation sites is 2. The molecule has 5 rings (SSSR count). The summed E-state index contributed by atoms with van der Waals surface area (Å²) in [6, 6.07) is 13.3. The average Bonchev–Trinajstić information content (AvgIpc) is 3.68. The second-order valence-corrected chi connectivity index (χ2v) is 12.1. The van der Waals surface area contributed by atoms with Crippen molar-refractivity contribution >= 4 is 23.7 Å². The molecular weight excluding hydrogens is 491 g/mol. The molecule has 1 N–H and O–H groups in total. The zero-order valence-electron chi connectivity index (χ0n) is 23.8. The minimum Gasteiger partial charge on any atom is -0.456 e. The normalized spacial score (nSPS) is 25.2. The quantitative estimate of drug-likeness (QED) is 0.237. The first kappa shape index (κ1) is 27.5. The van der Waals surface area contributed by atoms with Crippen LogP contribution in [0.3, 0.4) is 0 Å². The summed E-state index contributed by atoms with van der Waals surface area (Å²) >= 11 is 0. The van der Waals surface area contributed by atoms with Gasteiger partial charge in [0.05, 0.1) is 17.0 Å². The first-order valence-corrected chi connectivity index (χ1v) is 14.2. The smallest absolute Gasteiger partial charge is 0.309 e. The van der Waals surface area contributed by atoms with E-state index in [1.807, 2.05) is 25.1 Å². The molecule has 3 unspecified atom stereocenters. The Hall–Kier alpha value is -3.06. The molecule has 0 saturated heterocycles. The summed E-state index contributed by atoms with van der Waals surface area (Å²) in [5, 5.41) is 0. The van der Waals surface area contributed by atoms with Crippen molar-refractivity contribution in [2.75, 3.05) is 7.05 Å². The van der Waals surface area contributed by atoms with Crippen LogP contribution in [0, 0.1) is 11.7 Å². The molecule has 0 aliphatic heterocycles. The average molecular weight is 533 g/mol. The van der Waals surface area contributed by atoms with Gasteiger partial charge in [0.2, 0.25) is 0 Å². The van der Waals surface area contributed by atoms with Gasteiger partial charge in [0.15, 0.2) is 0 Å². The van der Waals surface area contributed by atoms with Crippen molar-refractivity contribution in [3.05, 3.63) is 65.2 Å². The van der Waals surface area contributed by atoms with Crippen LogP contribution in [-0.4, -0.2) is 52.3 Å². The Bertz CT molecular complexity index is 1330. The maximum absolute atomic E-state index is 14.1. The molecule has 5 atom stereocenters. The highest BCUT2D eigenvalue weighted by atomic mass is 19.1. The molecule has 2 aliphatic rings. The van der Waals surface area contributed by atoms with E-state index in [1.165, 1.54) is 6.07 Å². The molecule has 39 heavy (non-hydrogen) atoms. The Kier molecular flexibility index (Phi) is 7.40. The van der Waals surface area contributed by atoms with Crippen LogP contribution in [0.2, 0.25) is 0 Å². The van der Waals surface area contributed by atoms with Gasteiger partial charge in [-0.2, -0.15) is 0 Å². The molecule has 208 valence electrons.